The van der Waals surface area contributed by atoms with Gasteiger partial charge in [-0.25, -0.2) is 0 Å². The first-order chi connectivity index (χ1) is 9.61. The Balaban J connectivity index is 1.87. The van der Waals surface area contributed by atoms with E-state index in [1.165, 1.54) is 11.1 Å². The van der Waals surface area contributed by atoms with Crippen molar-refractivity contribution >= 4 is 11.6 Å². The molecule has 1 aliphatic carbocycles. The molecule has 4 heteroatoms. The van der Waals surface area contributed by atoms with Crippen LogP contribution < -0.4 is 5.73 Å². The second-order valence-electron chi connectivity index (χ2n) is 5.55. The largest absolute Gasteiger partial charge is 0.324 e. The molecule has 0 amide bonds. The fourth-order valence-electron chi connectivity index (χ4n) is 3.22. The van der Waals surface area contributed by atoms with Crippen molar-refractivity contribution in [3.63, 3.8) is 0 Å². The van der Waals surface area contributed by atoms with E-state index in [0.29, 0.717) is 5.92 Å². The highest BCUT2D eigenvalue weighted by Crippen LogP contribution is 2.37. The molecular weight excluding hydrogens is 270 g/mol. The van der Waals surface area contributed by atoms with Gasteiger partial charge in [0.1, 0.15) is 0 Å². The van der Waals surface area contributed by atoms with E-state index < -0.39 is 0 Å². The van der Waals surface area contributed by atoms with E-state index in [1.54, 1.807) is 0 Å². The van der Waals surface area contributed by atoms with Crippen LogP contribution in [0.2, 0.25) is 5.02 Å². The number of aromatic nitrogens is 2. The van der Waals surface area contributed by atoms with Crippen molar-refractivity contribution in [3.05, 3.63) is 51.8 Å². The van der Waals surface area contributed by atoms with Crippen LogP contribution in [-0.4, -0.2) is 9.78 Å². The normalized spacial score (nSPS) is 21.2. The molecule has 1 heterocycles. The number of rotatable bonds is 3. The summed E-state index contributed by atoms with van der Waals surface area (Å²) in [5.74, 6) is 0.409. The summed E-state index contributed by atoms with van der Waals surface area (Å²) in [5, 5.41) is 5.29. The Bertz CT molecular complexity index is 633. The summed E-state index contributed by atoms with van der Waals surface area (Å²) in [4.78, 5) is 0. The highest BCUT2D eigenvalue weighted by atomic mass is 35.5. The zero-order valence-corrected chi connectivity index (χ0v) is 12.7. The summed E-state index contributed by atoms with van der Waals surface area (Å²) in [5.41, 5.74) is 11.1. The Labute approximate surface area is 124 Å². The van der Waals surface area contributed by atoms with E-state index in [1.807, 2.05) is 11.6 Å². The van der Waals surface area contributed by atoms with E-state index >= 15 is 0 Å². The average molecular weight is 290 g/mol. The van der Waals surface area contributed by atoms with E-state index in [2.05, 4.69) is 36.3 Å². The van der Waals surface area contributed by atoms with Crippen molar-refractivity contribution in [2.75, 3.05) is 0 Å². The number of aryl methyl sites for hydroxylation is 2. The number of fused-ring (bicyclic) bond motifs is 1. The lowest BCUT2D eigenvalue weighted by Crippen LogP contribution is -2.20. The summed E-state index contributed by atoms with van der Waals surface area (Å²) >= 11 is 6.41. The minimum atomic E-state index is 0.0998. The number of nitrogens with two attached hydrogens (primary N) is 1. The second-order valence-corrected chi connectivity index (χ2v) is 5.93. The van der Waals surface area contributed by atoms with Gasteiger partial charge in [-0.05, 0) is 43.7 Å². The summed E-state index contributed by atoms with van der Waals surface area (Å²) in [7, 11) is 0. The van der Waals surface area contributed by atoms with Crippen LogP contribution in [0.25, 0.3) is 0 Å². The Morgan fingerprint density at radius 2 is 2.15 bits per heavy atom. The molecule has 2 N–H and O–H groups in total. The van der Waals surface area contributed by atoms with Crippen LogP contribution in [0.3, 0.4) is 0 Å². The fraction of sp³-hybridized carbons (Fsp3) is 0.438. The van der Waals surface area contributed by atoms with Crippen LogP contribution in [0.1, 0.15) is 35.5 Å². The molecule has 0 spiro atoms. The second kappa shape index (κ2) is 5.23. The SMILES string of the molecule is CCn1nc(C)c(Cl)c1CC1Cc2ccccc2C1N. The van der Waals surface area contributed by atoms with E-state index in [-0.39, 0.29) is 6.04 Å². The maximum atomic E-state index is 6.41. The molecule has 20 heavy (non-hydrogen) atoms. The van der Waals surface area contributed by atoms with Crippen molar-refractivity contribution in [1.82, 2.24) is 9.78 Å². The van der Waals surface area contributed by atoms with Gasteiger partial charge in [0, 0.05) is 12.6 Å². The van der Waals surface area contributed by atoms with Gasteiger partial charge >= 0.3 is 0 Å². The number of halogens is 1. The van der Waals surface area contributed by atoms with Crippen molar-refractivity contribution < 1.29 is 0 Å². The third-order valence-corrected chi connectivity index (χ3v) is 4.80. The number of benzene rings is 1. The Kier molecular flexibility index (Phi) is 3.57. The number of hydrogen-bond donors (Lipinski definition) is 1. The maximum absolute atomic E-state index is 6.41. The standard InChI is InChI=1S/C16H20ClN3/c1-3-20-14(15(17)10(2)19-20)9-12-8-11-6-4-5-7-13(11)16(12)18/h4-7,12,16H,3,8-9,18H2,1-2H3. The summed E-state index contributed by atoms with van der Waals surface area (Å²) in [6.07, 6.45) is 1.92. The predicted octanol–water partition coefficient (Wildman–Crippen LogP) is 3.28. The highest BCUT2D eigenvalue weighted by Gasteiger charge is 2.31. The first kappa shape index (κ1) is 13.7. The zero-order chi connectivity index (χ0) is 14.3. The monoisotopic (exact) mass is 289 g/mol. The lowest BCUT2D eigenvalue weighted by atomic mass is 9.96. The Morgan fingerprint density at radius 1 is 1.40 bits per heavy atom. The van der Waals surface area contributed by atoms with Crippen LogP contribution in [0.5, 0.6) is 0 Å². The van der Waals surface area contributed by atoms with Crippen molar-refractivity contribution in [3.8, 4) is 0 Å². The molecule has 0 bridgehead atoms. The lowest BCUT2D eigenvalue weighted by molar-refractivity contribution is 0.445. The molecule has 3 nitrogen and oxygen atoms in total. The molecule has 2 aromatic rings. The van der Waals surface area contributed by atoms with Gasteiger partial charge in [0.25, 0.3) is 0 Å². The molecule has 0 saturated heterocycles. The molecule has 2 atom stereocenters. The number of hydrogen-bond acceptors (Lipinski definition) is 2. The van der Waals surface area contributed by atoms with Gasteiger partial charge in [-0.3, -0.25) is 4.68 Å². The molecule has 106 valence electrons. The zero-order valence-electron chi connectivity index (χ0n) is 11.9. The Morgan fingerprint density at radius 3 is 2.85 bits per heavy atom. The van der Waals surface area contributed by atoms with Crippen molar-refractivity contribution in [1.29, 1.82) is 0 Å². The van der Waals surface area contributed by atoms with Crippen LogP contribution >= 0.6 is 11.6 Å². The molecule has 0 radical (unpaired) electrons. The lowest BCUT2D eigenvalue weighted by Gasteiger charge is -2.17. The summed E-state index contributed by atoms with van der Waals surface area (Å²) in [6, 6.07) is 8.57. The van der Waals surface area contributed by atoms with E-state index in [4.69, 9.17) is 17.3 Å². The van der Waals surface area contributed by atoms with Crippen molar-refractivity contribution in [2.24, 2.45) is 11.7 Å². The van der Waals surface area contributed by atoms with Crippen molar-refractivity contribution in [2.45, 2.75) is 39.3 Å². The number of nitrogens with zero attached hydrogens (tertiary/aromatic N) is 2. The molecule has 0 fully saturated rings. The molecule has 3 rings (SSSR count). The van der Waals surface area contributed by atoms with Gasteiger partial charge in [-0.2, -0.15) is 5.10 Å². The Hall–Kier alpha value is -1.32. The molecule has 0 aliphatic heterocycles. The quantitative estimate of drug-likeness (QED) is 0.942. The smallest absolute Gasteiger partial charge is 0.0847 e. The van der Waals surface area contributed by atoms with Crippen LogP contribution in [0.4, 0.5) is 0 Å². The molecule has 2 unspecified atom stereocenters. The van der Waals surface area contributed by atoms with Gasteiger partial charge in [0.15, 0.2) is 0 Å². The molecule has 0 saturated carbocycles. The minimum Gasteiger partial charge on any atom is -0.324 e. The van der Waals surface area contributed by atoms with Gasteiger partial charge in [0.2, 0.25) is 0 Å². The molecule has 1 aromatic heterocycles. The first-order valence-corrected chi connectivity index (χ1v) is 7.54. The molecule has 1 aromatic carbocycles. The fourth-order valence-corrected chi connectivity index (χ4v) is 3.43. The molecular formula is C16H20ClN3. The van der Waals surface area contributed by atoms with Crippen LogP contribution in [0, 0.1) is 12.8 Å². The van der Waals surface area contributed by atoms with Gasteiger partial charge in [0.05, 0.1) is 16.4 Å². The summed E-state index contributed by atoms with van der Waals surface area (Å²) < 4.78 is 2.01. The van der Waals surface area contributed by atoms with Crippen LogP contribution in [-0.2, 0) is 19.4 Å². The van der Waals surface area contributed by atoms with Crippen LogP contribution in [0.15, 0.2) is 24.3 Å². The van der Waals surface area contributed by atoms with Gasteiger partial charge in [-0.15, -0.1) is 0 Å². The third-order valence-electron chi connectivity index (χ3n) is 4.31. The maximum Gasteiger partial charge on any atom is 0.0847 e. The first-order valence-electron chi connectivity index (χ1n) is 7.17. The van der Waals surface area contributed by atoms with Gasteiger partial charge in [-0.1, -0.05) is 35.9 Å². The van der Waals surface area contributed by atoms with E-state index in [9.17, 15) is 0 Å². The molecule has 1 aliphatic rings. The third kappa shape index (κ3) is 2.15. The minimum absolute atomic E-state index is 0.0998. The topological polar surface area (TPSA) is 43.8 Å². The average Bonchev–Trinajstić information content (AvgIpc) is 2.92. The van der Waals surface area contributed by atoms with E-state index in [0.717, 1.165) is 35.8 Å². The van der Waals surface area contributed by atoms with Gasteiger partial charge < -0.3 is 5.73 Å². The predicted molar refractivity (Wildman–Crippen MR) is 81.9 cm³/mol. The summed E-state index contributed by atoms with van der Waals surface area (Å²) in [6.45, 7) is 4.90. The highest BCUT2D eigenvalue weighted by molar-refractivity contribution is 6.31.